The fraction of sp³-hybridized carbons (Fsp3) is 0.583. The number of aromatic nitrogens is 2. The first-order chi connectivity index (χ1) is 9.47. The van der Waals surface area contributed by atoms with E-state index in [-0.39, 0.29) is 12.5 Å². The van der Waals surface area contributed by atoms with Crippen molar-refractivity contribution in [1.82, 2.24) is 9.97 Å². The van der Waals surface area contributed by atoms with Crippen LogP contribution in [0.25, 0.3) is 0 Å². The van der Waals surface area contributed by atoms with Crippen molar-refractivity contribution in [2.45, 2.75) is 33.4 Å². The van der Waals surface area contributed by atoms with Crippen molar-refractivity contribution in [3.8, 4) is 0 Å². The van der Waals surface area contributed by atoms with Crippen LogP contribution in [0, 0.1) is 5.92 Å². The van der Waals surface area contributed by atoms with E-state index in [2.05, 4.69) is 20.7 Å². The molecule has 1 aromatic rings. The first-order valence-corrected chi connectivity index (χ1v) is 6.46. The largest absolute Gasteiger partial charge is 0.374 e. The summed E-state index contributed by atoms with van der Waals surface area (Å²) < 4.78 is 5.26. The van der Waals surface area contributed by atoms with Gasteiger partial charge in [-0.1, -0.05) is 13.8 Å². The van der Waals surface area contributed by atoms with E-state index in [0.717, 1.165) is 0 Å². The zero-order valence-corrected chi connectivity index (χ0v) is 12.0. The molecule has 0 aliphatic heterocycles. The average Bonchev–Trinajstić information content (AvgIpc) is 2.41. The summed E-state index contributed by atoms with van der Waals surface area (Å²) in [6.45, 7) is 6.50. The number of amides is 1. The highest BCUT2D eigenvalue weighted by Crippen LogP contribution is 2.14. The fourth-order valence-corrected chi connectivity index (χ4v) is 1.63. The van der Waals surface area contributed by atoms with E-state index in [9.17, 15) is 4.79 Å². The molecule has 1 amide bonds. The number of nitrogens with one attached hydrogen (secondary N) is 2. The molecule has 0 aliphatic carbocycles. The lowest BCUT2D eigenvalue weighted by molar-refractivity contribution is -0.119. The van der Waals surface area contributed by atoms with Crippen molar-refractivity contribution in [3.63, 3.8) is 0 Å². The molecule has 6 N–H and O–H groups in total. The number of primary amides is 1. The number of anilines is 2. The Labute approximate surface area is 118 Å². The molecule has 0 saturated heterocycles. The normalized spacial score (nSPS) is 12.2. The predicted octanol–water partition coefficient (Wildman–Crippen LogP) is 0.221. The molecule has 1 unspecified atom stereocenters. The summed E-state index contributed by atoms with van der Waals surface area (Å²) in [4.78, 5) is 19.8. The molecule has 0 bridgehead atoms. The molecule has 0 saturated carbocycles. The minimum Gasteiger partial charge on any atom is -0.374 e. The number of hydrogen-bond acceptors (Lipinski definition) is 7. The Kier molecular flexibility index (Phi) is 6.13. The number of nitrogen functional groups attached to an aromatic ring is 1. The van der Waals surface area contributed by atoms with Crippen LogP contribution in [0.4, 0.5) is 11.6 Å². The van der Waals surface area contributed by atoms with Gasteiger partial charge in [0.25, 0.3) is 0 Å². The van der Waals surface area contributed by atoms with E-state index in [0.29, 0.717) is 24.1 Å². The highest BCUT2D eigenvalue weighted by Gasteiger charge is 2.20. The molecule has 8 nitrogen and oxygen atoms in total. The summed E-state index contributed by atoms with van der Waals surface area (Å²) >= 11 is 0. The average molecular weight is 282 g/mol. The van der Waals surface area contributed by atoms with E-state index >= 15 is 0 Å². The van der Waals surface area contributed by atoms with Crippen LogP contribution in [0.1, 0.15) is 26.6 Å². The summed E-state index contributed by atoms with van der Waals surface area (Å²) in [6, 6.07) is 1.09. The molecule has 1 aromatic heterocycles. The van der Waals surface area contributed by atoms with Crippen molar-refractivity contribution >= 4 is 17.5 Å². The van der Waals surface area contributed by atoms with E-state index in [1.807, 2.05) is 20.8 Å². The molecule has 1 heterocycles. The molecule has 1 rings (SSSR count). The Balaban J connectivity index is 2.95. The van der Waals surface area contributed by atoms with Gasteiger partial charge in [0.1, 0.15) is 24.3 Å². The van der Waals surface area contributed by atoms with Crippen LogP contribution in [0.2, 0.25) is 0 Å². The second-order valence-corrected chi connectivity index (χ2v) is 4.60. The molecule has 0 fully saturated rings. The summed E-state index contributed by atoms with van der Waals surface area (Å²) in [7, 11) is 0. The number of nitrogens with zero attached hydrogens (tertiary/aromatic N) is 2. The maximum Gasteiger partial charge on any atom is 0.240 e. The Hall–Kier alpha value is -1.93. The second-order valence-electron chi connectivity index (χ2n) is 4.60. The molecule has 8 heteroatoms. The maximum atomic E-state index is 11.4. The smallest absolute Gasteiger partial charge is 0.240 e. The Morgan fingerprint density at radius 1 is 1.40 bits per heavy atom. The third kappa shape index (κ3) is 4.63. The molecule has 0 aliphatic rings. The van der Waals surface area contributed by atoms with Crippen molar-refractivity contribution in [2.24, 2.45) is 17.5 Å². The van der Waals surface area contributed by atoms with Gasteiger partial charge in [-0.2, -0.15) is 0 Å². The van der Waals surface area contributed by atoms with Gasteiger partial charge in [0.05, 0.1) is 0 Å². The maximum absolute atomic E-state index is 11.4. The van der Waals surface area contributed by atoms with Gasteiger partial charge in [0.2, 0.25) is 5.91 Å². The third-order valence-corrected chi connectivity index (χ3v) is 2.63. The highest BCUT2D eigenvalue weighted by molar-refractivity contribution is 5.83. The van der Waals surface area contributed by atoms with Gasteiger partial charge in [-0.25, -0.2) is 15.8 Å². The quantitative estimate of drug-likeness (QED) is 0.396. The number of ether oxygens (including phenoxy) is 1. The first kappa shape index (κ1) is 16.1. The van der Waals surface area contributed by atoms with Crippen LogP contribution in [0.15, 0.2) is 6.07 Å². The molecule has 112 valence electrons. The van der Waals surface area contributed by atoms with E-state index in [4.69, 9.17) is 16.3 Å². The fourth-order valence-electron chi connectivity index (χ4n) is 1.63. The van der Waals surface area contributed by atoms with E-state index in [1.165, 1.54) is 0 Å². The Morgan fingerprint density at radius 3 is 2.55 bits per heavy atom. The number of nitrogens with two attached hydrogens (primary N) is 2. The lowest BCUT2D eigenvalue weighted by atomic mass is 10.0. The number of carbonyl (C=O) groups excluding carboxylic acids is 1. The summed E-state index contributed by atoms with van der Waals surface area (Å²) in [5, 5.41) is 2.99. The second kappa shape index (κ2) is 7.61. The minimum atomic E-state index is -0.518. The van der Waals surface area contributed by atoms with Gasteiger partial charge in [-0.3, -0.25) is 4.79 Å². The molecular formula is C12H22N6O2. The van der Waals surface area contributed by atoms with Gasteiger partial charge in [0.15, 0.2) is 5.82 Å². The third-order valence-electron chi connectivity index (χ3n) is 2.63. The summed E-state index contributed by atoms with van der Waals surface area (Å²) in [5.41, 5.74) is 7.82. The Bertz CT molecular complexity index is 452. The van der Waals surface area contributed by atoms with Gasteiger partial charge in [-0.15, -0.1) is 0 Å². The van der Waals surface area contributed by atoms with Crippen LogP contribution < -0.4 is 22.3 Å². The van der Waals surface area contributed by atoms with Crippen molar-refractivity contribution in [3.05, 3.63) is 11.9 Å². The molecule has 0 radical (unpaired) electrons. The Morgan fingerprint density at radius 2 is 2.05 bits per heavy atom. The van der Waals surface area contributed by atoms with Gasteiger partial charge in [0, 0.05) is 12.7 Å². The van der Waals surface area contributed by atoms with Gasteiger partial charge in [-0.05, 0) is 12.8 Å². The molecule has 1 atom stereocenters. The van der Waals surface area contributed by atoms with E-state index in [1.54, 1.807) is 6.07 Å². The van der Waals surface area contributed by atoms with Gasteiger partial charge >= 0.3 is 0 Å². The van der Waals surface area contributed by atoms with Crippen molar-refractivity contribution in [2.75, 3.05) is 17.3 Å². The topological polar surface area (TPSA) is 128 Å². The van der Waals surface area contributed by atoms with Crippen molar-refractivity contribution in [1.29, 1.82) is 0 Å². The van der Waals surface area contributed by atoms with Crippen LogP contribution in [0.3, 0.4) is 0 Å². The number of carbonyl (C=O) groups is 1. The number of rotatable bonds is 8. The zero-order valence-electron chi connectivity index (χ0n) is 12.0. The summed E-state index contributed by atoms with van der Waals surface area (Å²) in [6.07, 6.45) is 0. The van der Waals surface area contributed by atoms with Crippen LogP contribution in [-0.2, 0) is 16.1 Å². The lowest BCUT2D eigenvalue weighted by Gasteiger charge is -2.20. The monoisotopic (exact) mass is 282 g/mol. The molecule has 0 spiro atoms. The standard InChI is InChI=1S/C12H22N6O2/c1-4-20-6-10-15-8(5-9(16-10)18-14)17-11(7(2)3)12(13)19/h5,7,11H,4,6,14H2,1-3H3,(H2,13,19)(H2,15,16,17,18). The van der Waals surface area contributed by atoms with Crippen molar-refractivity contribution < 1.29 is 9.53 Å². The lowest BCUT2D eigenvalue weighted by Crippen LogP contribution is -2.39. The van der Waals surface area contributed by atoms with E-state index < -0.39 is 11.9 Å². The number of hydrogen-bond donors (Lipinski definition) is 4. The van der Waals surface area contributed by atoms with Crippen LogP contribution in [0.5, 0.6) is 0 Å². The highest BCUT2D eigenvalue weighted by atomic mass is 16.5. The van der Waals surface area contributed by atoms with Crippen LogP contribution >= 0.6 is 0 Å². The SMILES string of the molecule is CCOCc1nc(NN)cc(NC(C(N)=O)C(C)C)n1. The predicted molar refractivity (Wildman–Crippen MR) is 76.6 cm³/mol. The number of hydrazine groups is 1. The van der Waals surface area contributed by atoms with Crippen LogP contribution in [-0.4, -0.2) is 28.5 Å². The molecule has 0 aromatic carbocycles. The minimum absolute atomic E-state index is 0.0343. The summed E-state index contributed by atoms with van der Waals surface area (Å²) in [5.74, 6) is 6.34. The zero-order chi connectivity index (χ0) is 15.1. The van der Waals surface area contributed by atoms with Gasteiger partial charge < -0.3 is 21.2 Å². The first-order valence-electron chi connectivity index (χ1n) is 6.46. The molecule has 20 heavy (non-hydrogen) atoms. The molecular weight excluding hydrogens is 260 g/mol.